The fourth-order valence-electron chi connectivity index (χ4n) is 2.52. The molecule has 0 saturated carbocycles. The quantitative estimate of drug-likeness (QED) is 0.901. The van der Waals surface area contributed by atoms with Crippen molar-refractivity contribution in [2.75, 3.05) is 11.9 Å². The predicted molar refractivity (Wildman–Crippen MR) is 77.3 cm³/mol. The van der Waals surface area contributed by atoms with Gasteiger partial charge in [-0.3, -0.25) is 4.79 Å². The SMILES string of the molecule is CC(C)CN1C(=O)c2ccccc2NC1c1ncc[nH]1. The zero-order valence-corrected chi connectivity index (χ0v) is 11.6. The third-order valence-corrected chi connectivity index (χ3v) is 3.36. The van der Waals surface area contributed by atoms with Crippen LogP contribution in [0, 0.1) is 5.92 Å². The molecule has 0 fully saturated rings. The molecule has 1 aromatic heterocycles. The molecule has 1 aromatic carbocycles. The molecule has 0 radical (unpaired) electrons. The first-order valence-electron chi connectivity index (χ1n) is 6.82. The predicted octanol–water partition coefficient (Wildman–Crippen LogP) is 2.63. The summed E-state index contributed by atoms with van der Waals surface area (Å²) in [6.07, 6.45) is 3.24. The number of carbonyl (C=O) groups is 1. The normalized spacial score (nSPS) is 18.1. The van der Waals surface area contributed by atoms with Crippen LogP contribution in [0.2, 0.25) is 0 Å². The minimum Gasteiger partial charge on any atom is -0.358 e. The topological polar surface area (TPSA) is 61.0 Å². The van der Waals surface area contributed by atoms with E-state index < -0.39 is 0 Å². The van der Waals surface area contributed by atoms with Crippen LogP contribution >= 0.6 is 0 Å². The van der Waals surface area contributed by atoms with Crippen molar-refractivity contribution in [1.82, 2.24) is 14.9 Å². The van der Waals surface area contributed by atoms with Gasteiger partial charge in [0.25, 0.3) is 5.91 Å². The summed E-state index contributed by atoms with van der Waals surface area (Å²) in [6, 6.07) is 7.60. The van der Waals surface area contributed by atoms with Gasteiger partial charge in [0.1, 0.15) is 5.82 Å². The van der Waals surface area contributed by atoms with Gasteiger partial charge in [0.05, 0.1) is 5.56 Å². The van der Waals surface area contributed by atoms with Crippen LogP contribution < -0.4 is 5.32 Å². The summed E-state index contributed by atoms with van der Waals surface area (Å²) in [5, 5.41) is 3.40. The van der Waals surface area contributed by atoms with Crippen molar-refractivity contribution in [2.45, 2.75) is 20.0 Å². The van der Waals surface area contributed by atoms with Crippen molar-refractivity contribution < 1.29 is 4.79 Å². The van der Waals surface area contributed by atoms with E-state index >= 15 is 0 Å². The summed E-state index contributed by atoms with van der Waals surface area (Å²) in [5.74, 6) is 1.20. The first-order chi connectivity index (χ1) is 9.66. The highest BCUT2D eigenvalue weighted by Crippen LogP contribution is 2.32. The van der Waals surface area contributed by atoms with E-state index in [1.807, 2.05) is 29.2 Å². The van der Waals surface area contributed by atoms with Crippen molar-refractivity contribution >= 4 is 11.6 Å². The second kappa shape index (κ2) is 5.00. The number of aromatic nitrogens is 2. The number of nitrogens with one attached hydrogen (secondary N) is 2. The van der Waals surface area contributed by atoms with Crippen LogP contribution in [0.25, 0.3) is 0 Å². The molecule has 2 heterocycles. The number of carbonyl (C=O) groups excluding carboxylic acids is 1. The summed E-state index contributed by atoms with van der Waals surface area (Å²) in [5.41, 5.74) is 1.58. The van der Waals surface area contributed by atoms with E-state index in [2.05, 4.69) is 29.1 Å². The number of H-pyrrole nitrogens is 1. The van der Waals surface area contributed by atoms with Gasteiger partial charge in [-0.2, -0.15) is 0 Å². The Bertz CT molecular complexity index is 606. The first-order valence-corrected chi connectivity index (χ1v) is 6.82. The molecule has 1 unspecified atom stereocenters. The molecule has 0 saturated heterocycles. The van der Waals surface area contributed by atoms with E-state index in [4.69, 9.17) is 0 Å². The van der Waals surface area contributed by atoms with Crippen molar-refractivity contribution in [3.8, 4) is 0 Å². The maximum atomic E-state index is 12.7. The molecule has 3 rings (SSSR count). The van der Waals surface area contributed by atoms with Crippen LogP contribution in [0.1, 0.15) is 36.2 Å². The number of hydrogen-bond donors (Lipinski definition) is 2. The van der Waals surface area contributed by atoms with E-state index in [1.165, 1.54) is 0 Å². The Balaban J connectivity index is 2.02. The Hall–Kier alpha value is -2.30. The van der Waals surface area contributed by atoms with Gasteiger partial charge in [0.15, 0.2) is 6.17 Å². The molecule has 0 spiro atoms. The van der Waals surface area contributed by atoms with Gasteiger partial charge in [-0.15, -0.1) is 0 Å². The lowest BCUT2D eigenvalue weighted by molar-refractivity contribution is 0.0650. The molecule has 104 valence electrons. The number of rotatable bonds is 3. The third kappa shape index (κ3) is 2.15. The third-order valence-electron chi connectivity index (χ3n) is 3.36. The van der Waals surface area contributed by atoms with Crippen molar-refractivity contribution in [3.63, 3.8) is 0 Å². The van der Waals surface area contributed by atoms with E-state index in [9.17, 15) is 4.79 Å². The molecule has 5 heteroatoms. The Kier molecular flexibility index (Phi) is 3.18. The Labute approximate surface area is 118 Å². The smallest absolute Gasteiger partial charge is 0.257 e. The number of para-hydroxylation sites is 1. The zero-order chi connectivity index (χ0) is 14.1. The Morgan fingerprint density at radius 2 is 2.15 bits per heavy atom. The van der Waals surface area contributed by atoms with Gasteiger partial charge in [0, 0.05) is 24.6 Å². The zero-order valence-electron chi connectivity index (χ0n) is 11.6. The average molecular weight is 270 g/mol. The number of aromatic amines is 1. The van der Waals surface area contributed by atoms with Crippen LogP contribution in [0.5, 0.6) is 0 Å². The van der Waals surface area contributed by atoms with Gasteiger partial charge in [0.2, 0.25) is 0 Å². The molecular weight excluding hydrogens is 252 g/mol. The lowest BCUT2D eigenvalue weighted by atomic mass is 10.1. The van der Waals surface area contributed by atoms with E-state index in [0.29, 0.717) is 12.5 Å². The van der Waals surface area contributed by atoms with Gasteiger partial charge >= 0.3 is 0 Å². The Morgan fingerprint density at radius 3 is 2.85 bits per heavy atom. The van der Waals surface area contributed by atoms with Crippen LogP contribution in [-0.2, 0) is 0 Å². The van der Waals surface area contributed by atoms with Gasteiger partial charge in [-0.25, -0.2) is 4.98 Å². The fourth-order valence-corrected chi connectivity index (χ4v) is 2.52. The minimum absolute atomic E-state index is 0.0504. The largest absolute Gasteiger partial charge is 0.358 e. The average Bonchev–Trinajstić information content (AvgIpc) is 2.95. The number of hydrogen-bond acceptors (Lipinski definition) is 3. The monoisotopic (exact) mass is 270 g/mol. The van der Waals surface area contributed by atoms with Crippen LogP contribution in [-0.4, -0.2) is 27.3 Å². The molecule has 1 aliphatic heterocycles. The van der Waals surface area contributed by atoms with Crippen LogP contribution in [0.3, 0.4) is 0 Å². The standard InChI is InChI=1S/C15H18N4O/c1-10(2)9-19-14(13-16-7-8-17-13)18-12-6-4-3-5-11(12)15(19)20/h3-8,10,14,18H,9H2,1-2H3,(H,16,17). The van der Waals surface area contributed by atoms with Crippen molar-refractivity contribution in [2.24, 2.45) is 5.92 Å². The molecule has 5 nitrogen and oxygen atoms in total. The second-order valence-electron chi connectivity index (χ2n) is 5.42. The highest BCUT2D eigenvalue weighted by Gasteiger charge is 2.34. The maximum Gasteiger partial charge on any atom is 0.257 e. The van der Waals surface area contributed by atoms with E-state index in [0.717, 1.165) is 17.1 Å². The molecule has 20 heavy (non-hydrogen) atoms. The molecule has 1 aliphatic rings. The lowest BCUT2D eigenvalue weighted by Gasteiger charge is -2.37. The molecule has 2 aromatic rings. The van der Waals surface area contributed by atoms with Gasteiger partial charge in [-0.1, -0.05) is 26.0 Å². The second-order valence-corrected chi connectivity index (χ2v) is 5.42. The molecule has 0 bridgehead atoms. The van der Waals surface area contributed by atoms with Crippen molar-refractivity contribution in [1.29, 1.82) is 0 Å². The fraction of sp³-hybridized carbons (Fsp3) is 0.333. The van der Waals surface area contributed by atoms with Crippen LogP contribution in [0.4, 0.5) is 5.69 Å². The number of benzene rings is 1. The number of fused-ring (bicyclic) bond motifs is 1. The van der Waals surface area contributed by atoms with E-state index in [1.54, 1.807) is 12.4 Å². The summed E-state index contributed by atoms with van der Waals surface area (Å²) in [4.78, 5) is 21.9. The summed E-state index contributed by atoms with van der Waals surface area (Å²) in [7, 11) is 0. The number of imidazole rings is 1. The van der Waals surface area contributed by atoms with Crippen LogP contribution in [0.15, 0.2) is 36.7 Å². The molecule has 2 N–H and O–H groups in total. The highest BCUT2D eigenvalue weighted by molar-refractivity contribution is 6.01. The summed E-state index contributed by atoms with van der Waals surface area (Å²) >= 11 is 0. The van der Waals surface area contributed by atoms with E-state index in [-0.39, 0.29) is 12.1 Å². The molecule has 1 atom stereocenters. The number of anilines is 1. The Morgan fingerprint density at radius 1 is 1.35 bits per heavy atom. The first kappa shape index (κ1) is 12.7. The number of nitrogens with zero attached hydrogens (tertiary/aromatic N) is 2. The minimum atomic E-state index is -0.241. The summed E-state index contributed by atoms with van der Waals surface area (Å²) < 4.78 is 0. The van der Waals surface area contributed by atoms with Crippen molar-refractivity contribution in [3.05, 3.63) is 48.0 Å². The molecule has 0 aliphatic carbocycles. The highest BCUT2D eigenvalue weighted by atomic mass is 16.2. The number of amides is 1. The lowest BCUT2D eigenvalue weighted by Crippen LogP contribution is -2.45. The van der Waals surface area contributed by atoms with Gasteiger partial charge < -0.3 is 15.2 Å². The maximum absolute atomic E-state index is 12.7. The van der Waals surface area contributed by atoms with Gasteiger partial charge in [-0.05, 0) is 18.1 Å². The molecular formula is C15H18N4O. The molecule has 1 amide bonds. The summed E-state index contributed by atoms with van der Waals surface area (Å²) in [6.45, 7) is 4.89.